The Morgan fingerprint density at radius 2 is 1.97 bits per heavy atom. The van der Waals surface area contributed by atoms with Gasteiger partial charge in [0.1, 0.15) is 16.1 Å². The van der Waals surface area contributed by atoms with Crippen LogP contribution in [0.2, 0.25) is 0 Å². The van der Waals surface area contributed by atoms with E-state index in [2.05, 4.69) is 26.2 Å². The molecule has 2 aromatic rings. The highest BCUT2D eigenvalue weighted by molar-refractivity contribution is 7.14. The number of carbonyl (C=O) groups excluding carboxylic acids is 1. The predicted octanol–water partition coefficient (Wildman–Crippen LogP) is 3.21. The van der Waals surface area contributed by atoms with E-state index < -0.39 is 0 Å². The SMILES string of the molecule is N#C[C@H]1CCCN1C(=O)C1CCN(c2cnccc2-c2nnc(C3CC3)s2)CC1. The van der Waals surface area contributed by atoms with Crippen LogP contribution in [0.5, 0.6) is 0 Å². The normalized spacial score (nSPS) is 22.7. The maximum atomic E-state index is 12.9. The summed E-state index contributed by atoms with van der Waals surface area (Å²) in [6, 6.07) is 4.07. The minimum Gasteiger partial charge on any atom is -0.370 e. The number of nitriles is 1. The number of piperidine rings is 1. The third kappa shape index (κ3) is 3.60. The third-order valence-corrected chi connectivity index (χ3v) is 7.39. The summed E-state index contributed by atoms with van der Waals surface area (Å²) in [4.78, 5) is 21.4. The van der Waals surface area contributed by atoms with E-state index in [1.165, 1.54) is 12.8 Å². The summed E-state index contributed by atoms with van der Waals surface area (Å²) in [5.74, 6) is 0.790. The number of pyridine rings is 1. The van der Waals surface area contributed by atoms with Crippen molar-refractivity contribution in [3.8, 4) is 16.6 Å². The maximum Gasteiger partial charge on any atom is 0.226 e. The molecule has 1 aliphatic carbocycles. The van der Waals surface area contributed by atoms with Gasteiger partial charge < -0.3 is 9.80 Å². The lowest BCUT2D eigenvalue weighted by atomic mass is 9.94. The third-order valence-electron chi connectivity index (χ3n) is 6.27. The molecule has 1 atom stereocenters. The van der Waals surface area contributed by atoms with E-state index in [1.54, 1.807) is 16.2 Å². The molecule has 4 heterocycles. The van der Waals surface area contributed by atoms with Gasteiger partial charge in [-0.3, -0.25) is 9.78 Å². The van der Waals surface area contributed by atoms with Gasteiger partial charge in [0.2, 0.25) is 5.91 Å². The highest BCUT2D eigenvalue weighted by Crippen LogP contribution is 2.44. The molecule has 1 saturated carbocycles. The Balaban J connectivity index is 1.29. The van der Waals surface area contributed by atoms with Gasteiger partial charge in [-0.2, -0.15) is 5.26 Å². The van der Waals surface area contributed by atoms with Gasteiger partial charge in [-0.25, -0.2) is 0 Å². The van der Waals surface area contributed by atoms with Crippen LogP contribution in [0.25, 0.3) is 10.6 Å². The first-order valence-electron chi connectivity index (χ1n) is 10.5. The fourth-order valence-electron chi connectivity index (χ4n) is 4.42. The predicted molar refractivity (Wildman–Crippen MR) is 110 cm³/mol. The molecule has 0 unspecified atom stereocenters. The first kappa shape index (κ1) is 18.5. The number of aromatic nitrogens is 3. The van der Waals surface area contributed by atoms with Crippen LogP contribution in [-0.4, -0.2) is 51.7 Å². The summed E-state index contributed by atoms with van der Waals surface area (Å²) in [6.07, 6.45) is 9.53. The second-order valence-corrected chi connectivity index (χ2v) is 9.20. The monoisotopic (exact) mass is 408 g/mol. The van der Waals surface area contributed by atoms with Gasteiger partial charge in [0.15, 0.2) is 0 Å². The summed E-state index contributed by atoms with van der Waals surface area (Å²) in [7, 11) is 0. The topological polar surface area (TPSA) is 86.0 Å². The molecule has 0 N–H and O–H groups in total. The molecular formula is C21H24N6OS. The first-order chi connectivity index (χ1) is 14.2. The molecule has 5 rings (SSSR count). The van der Waals surface area contributed by atoms with Crippen LogP contribution in [0.15, 0.2) is 18.5 Å². The fraction of sp³-hybridized carbons (Fsp3) is 0.571. The van der Waals surface area contributed by atoms with Crippen molar-refractivity contribution in [3.05, 3.63) is 23.5 Å². The van der Waals surface area contributed by atoms with Gasteiger partial charge in [-0.1, -0.05) is 11.3 Å². The van der Waals surface area contributed by atoms with Crippen molar-refractivity contribution in [1.82, 2.24) is 20.1 Å². The Morgan fingerprint density at radius 1 is 1.14 bits per heavy atom. The summed E-state index contributed by atoms with van der Waals surface area (Å²) >= 11 is 1.69. The minimum atomic E-state index is -0.233. The Bertz CT molecular complexity index is 941. The van der Waals surface area contributed by atoms with Crippen molar-refractivity contribution in [2.45, 2.75) is 50.5 Å². The van der Waals surface area contributed by atoms with Gasteiger partial charge >= 0.3 is 0 Å². The Labute approximate surface area is 174 Å². The Kier molecular flexibility index (Phi) is 4.92. The molecule has 0 aromatic carbocycles. The molecule has 1 amide bonds. The van der Waals surface area contributed by atoms with Gasteiger partial charge in [-0.15, -0.1) is 10.2 Å². The number of hydrogen-bond acceptors (Lipinski definition) is 7. The van der Waals surface area contributed by atoms with Crippen molar-refractivity contribution in [1.29, 1.82) is 5.26 Å². The molecule has 3 aliphatic rings. The van der Waals surface area contributed by atoms with Gasteiger partial charge in [0, 0.05) is 43.2 Å². The summed E-state index contributed by atoms with van der Waals surface area (Å²) < 4.78 is 0. The molecule has 0 radical (unpaired) electrons. The number of likely N-dealkylation sites (tertiary alicyclic amines) is 1. The molecular weight excluding hydrogens is 384 g/mol. The lowest BCUT2D eigenvalue weighted by molar-refractivity contribution is -0.136. The molecule has 2 saturated heterocycles. The molecule has 0 bridgehead atoms. The minimum absolute atomic E-state index is 0.0170. The quantitative estimate of drug-likeness (QED) is 0.772. The van der Waals surface area contributed by atoms with E-state index in [0.717, 1.165) is 66.6 Å². The maximum absolute atomic E-state index is 12.9. The van der Waals surface area contributed by atoms with Crippen LogP contribution in [0.1, 0.15) is 49.5 Å². The van der Waals surface area contributed by atoms with Crippen molar-refractivity contribution >= 4 is 22.9 Å². The van der Waals surface area contributed by atoms with Gasteiger partial charge in [0.25, 0.3) is 0 Å². The Hall–Kier alpha value is -2.53. The molecule has 8 heteroatoms. The first-order valence-corrected chi connectivity index (χ1v) is 11.3. The number of nitrogens with zero attached hydrogens (tertiary/aromatic N) is 6. The second-order valence-electron chi connectivity index (χ2n) is 8.19. The number of amides is 1. The van der Waals surface area contributed by atoms with Crippen molar-refractivity contribution in [2.75, 3.05) is 24.5 Å². The van der Waals surface area contributed by atoms with Crippen molar-refractivity contribution in [3.63, 3.8) is 0 Å². The van der Waals surface area contributed by atoms with Crippen LogP contribution >= 0.6 is 11.3 Å². The van der Waals surface area contributed by atoms with E-state index in [0.29, 0.717) is 5.92 Å². The van der Waals surface area contributed by atoms with Gasteiger partial charge in [0.05, 0.1) is 18.0 Å². The zero-order chi connectivity index (χ0) is 19.8. The average molecular weight is 409 g/mol. The molecule has 0 spiro atoms. The fourth-order valence-corrected chi connectivity index (χ4v) is 5.47. The largest absolute Gasteiger partial charge is 0.370 e. The molecule has 3 fully saturated rings. The van der Waals surface area contributed by atoms with Crippen molar-refractivity contribution in [2.24, 2.45) is 5.92 Å². The number of rotatable bonds is 4. The van der Waals surface area contributed by atoms with Crippen LogP contribution in [-0.2, 0) is 4.79 Å². The van der Waals surface area contributed by atoms with E-state index in [-0.39, 0.29) is 17.9 Å². The van der Waals surface area contributed by atoms with E-state index in [9.17, 15) is 10.1 Å². The van der Waals surface area contributed by atoms with E-state index >= 15 is 0 Å². The molecule has 29 heavy (non-hydrogen) atoms. The van der Waals surface area contributed by atoms with Gasteiger partial charge in [-0.05, 0) is 44.6 Å². The lowest BCUT2D eigenvalue weighted by Crippen LogP contribution is -2.44. The Morgan fingerprint density at radius 3 is 2.72 bits per heavy atom. The highest BCUT2D eigenvalue weighted by atomic mass is 32.1. The summed E-state index contributed by atoms with van der Waals surface area (Å²) in [6.45, 7) is 2.35. The number of hydrogen-bond donors (Lipinski definition) is 0. The summed E-state index contributed by atoms with van der Waals surface area (Å²) in [5.41, 5.74) is 2.16. The molecule has 150 valence electrons. The van der Waals surface area contributed by atoms with Crippen LogP contribution in [0, 0.1) is 17.2 Å². The smallest absolute Gasteiger partial charge is 0.226 e. The van der Waals surface area contributed by atoms with Crippen molar-refractivity contribution < 1.29 is 4.79 Å². The van der Waals surface area contributed by atoms with Crippen LogP contribution in [0.4, 0.5) is 5.69 Å². The molecule has 2 aliphatic heterocycles. The second kappa shape index (κ2) is 7.71. The van der Waals surface area contributed by atoms with E-state index in [4.69, 9.17) is 0 Å². The summed E-state index contributed by atoms with van der Waals surface area (Å²) in [5, 5.41) is 20.2. The zero-order valence-electron chi connectivity index (χ0n) is 16.3. The van der Waals surface area contributed by atoms with Crippen LogP contribution in [0.3, 0.4) is 0 Å². The number of carbonyl (C=O) groups is 1. The standard InChI is InChI=1S/C21H24N6OS/c22-12-16-2-1-9-27(16)21(28)15-6-10-26(11-7-15)18-13-23-8-5-17(18)20-25-24-19(29-20)14-3-4-14/h5,8,13-16H,1-4,6-7,9-11H2/t16-/m1/s1. The molecule has 7 nitrogen and oxygen atoms in total. The lowest BCUT2D eigenvalue weighted by Gasteiger charge is -2.35. The zero-order valence-corrected chi connectivity index (χ0v) is 17.1. The highest BCUT2D eigenvalue weighted by Gasteiger charge is 2.35. The molecule has 2 aromatic heterocycles. The average Bonchev–Trinajstić information content (AvgIpc) is 3.31. The van der Waals surface area contributed by atoms with Crippen LogP contribution < -0.4 is 4.90 Å². The van der Waals surface area contributed by atoms with E-state index in [1.807, 2.05) is 18.5 Å². The number of anilines is 1.